The van der Waals surface area contributed by atoms with Gasteiger partial charge in [-0.3, -0.25) is 9.59 Å². The summed E-state index contributed by atoms with van der Waals surface area (Å²) in [6, 6.07) is 10.6. The molecular weight excluding hydrogens is 431 g/mol. The third-order valence-electron chi connectivity index (χ3n) is 5.02. The first-order chi connectivity index (χ1) is 14.8. The standard InChI is InChI=1S/C21H20F3N3O3S/c22-21(23,24)13-1-6-17-16(11-13)26-20(29)18(31-17)12-19(28)25-14-2-4-15(5-3-14)27-7-9-30-10-8-27/h1-6,11,18H,7-10,12H2,(H,25,28)(H,26,29)/t18-/m1/s1. The van der Waals surface area contributed by atoms with Crippen LogP contribution in [0.25, 0.3) is 0 Å². The van der Waals surface area contributed by atoms with E-state index in [0.29, 0.717) is 23.8 Å². The number of thioether (sulfide) groups is 1. The maximum atomic E-state index is 12.9. The molecule has 1 saturated heterocycles. The van der Waals surface area contributed by atoms with E-state index in [2.05, 4.69) is 15.5 Å². The molecule has 2 amide bonds. The molecule has 4 rings (SSSR count). The quantitative estimate of drug-likeness (QED) is 0.736. The number of rotatable bonds is 4. The van der Waals surface area contributed by atoms with E-state index in [9.17, 15) is 22.8 Å². The molecule has 0 bridgehead atoms. The second kappa shape index (κ2) is 8.80. The summed E-state index contributed by atoms with van der Waals surface area (Å²) in [5.74, 6) is -0.836. The number of benzene rings is 2. The van der Waals surface area contributed by atoms with Crippen LogP contribution in [0.15, 0.2) is 47.4 Å². The molecule has 1 fully saturated rings. The molecule has 0 saturated carbocycles. The normalized spacial score (nSPS) is 18.9. The molecule has 2 aromatic carbocycles. The van der Waals surface area contributed by atoms with Gasteiger partial charge in [0.15, 0.2) is 0 Å². The van der Waals surface area contributed by atoms with Gasteiger partial charge >= 0.3 is 6.18 Å². The molecule has 0 radical (unpaired) electrons. The molecule has 10 heteroatoms. The molecule has 2 aromatic rings. The molecule has 0 unspecified atom stereocenters. The zero-order valence-corrected chi connectivity index (χ0v) is 17.2. The lowest BCUT2D eigenvalue weighted by molar-refractivity contribution is -0.137. The Morgan fingerprint density at radius 3 is 2.55 bits per heavy atom. The van der Waals surface area contributed by atoms with Gasteiger partial charge < -0.3 is 20.3 Å². The van der Waals surface area contributed by atoms with Crippen molar-refractivity contribution < 1.29 is 27.5 Å². The SMILES string of the molecule is O=C(C[C@H]1Sc2ccc(C(F)(F)F)cc2NC1=O)Nc1ccc(N2CCOCC2)cc1. The van der Waals surface area contributed by atoms with Gasteiger partial charge in [0.1, 0.15) is 0 Å². The molecule has 1 atom stereocenters. The number of amides is 2. The molecule has 2 aliphatic rings. The van der Waals surface area contributed by atoms with Gasteiger partial charge in [-0.1, -0.05) is 0 Å². The average Bonchev–Trinajstić information content (AvgIpc) is 2.74. The number of carbonyl (C=O) groups excluding carboxylic acids is 2. The molecule has 2 heterocycles. The van der Waals surface area contributed by atoms with Gasteiger partial charge in [0.05, 0.1) is 29.7 Å². The highest BCUT2D eigenvalue weighted by Gasteiger charge is 2.34. The number of fused-ring (bicyclic) bond motifs is 1. The number of nitrogens with one attached hydrogen (secondary N) is 2. The summed E-state index contributed by atoms with van der Waals surface area (Å²) in [4.78, 5) is 27.4. The first-order valence-electron chi connectivity index (χ1n) is 9.71. The Balaban J connectivity index is 1.36. The Morgan fingerprint density at radius 2 is 1.87 bits per heavy atom. The van der Waals surface area contributed by atoms with Crippen LogP contribution in [-0.2, 0) is 20.5 Å². The van der Waals surface area contributed by atoms with Gasteiger partial charge in [0.2, 0.25) is 11.8 Å². The van der Waals surface area contributed by atoms with Crippen LogP contribution >= 0.6 is 11.8 Å². The molecule has 0 aliphatic carbocycles. The van der Waals surface area contributed by atoms with E-state index in [0.717, 1.165) is 42.7 Å². The number of ether oxygens (including phenoxy) is 1. The van der Waals surface area contributed by atoms with Crippen LogP contribution in [0.1, 0.15) is 12.0 Å². The van der Waals surface area contributed by atoms with E-state index in [-0.39, 0.29) is 18.0 Å². The van der Waals surface area contributed by atoms with Crippen LogP contribution in [0.2, 0.25) is 0 Å². The number of hydrogen-bond acceptors (Lipinski definition) is 5. The van der Waals surface area contributed by atoms with E-state index in [1.807, 2.05) is 12.1 Å². The Kier molecular flexibility index (Phi) is 6.10. The molecule has 31 heavy (non-hydrogen) atoms. The molecular formula is C21H20F3N3O3S. The molecule has 0 aromatic heterocycles. The minimum atomic E-state index is -4.49. The van der Waals surface area contributed by atoms with Crippen molar-refractivity contribution in [2.24, 2.45) is 0 Å². The number of halogens is 3. The van der Waals surface area contributed by atoms with E-state index < -0.39 is 22.9 Å². The van der Waals surface area contributed by atoms with Crippen molar-refractivity contribution >= 4 is 40.6 Å². The average molecular weight is 451 g/mol. The lowest BCUT2D eigenvalue weighted by atomic mass is 10.1. The lowest BCUT2D eigenvalue weighted by Crippen LogP contribution is -2.36. The van der Waals surface area contributed by atoms with Crippen LogP contribution in [0, 0.1) is 0 Å². The highest BCUT2D eigenvalue weighted by atomic mass is 32.2. The van der Waals surface area contributed by atoms with Crippen LogP contribution in [0.4, 0.5) is 30.2 Å². The zero-order valence-electron chi connectivity index (χ0n) is 16.4. The van der Waals surface area contributed by atoms with Crippen molar-refractivity contribution in [1.82, 2.24) is 0 Å². The van der Waals surface area contributed by atoms with Gasteiger partial charge in [0.25, 0.3) is 0 Å². The fourth-order valence-corrected chi connectivity index (χ4v) is 4.51. The van der Waals surface area contributed by atoms with Crippen LogP contribution in [0.5, 0.6) is 0 Å². The molecule has 0 spiro atoms. The summed E-state index contributed by atoms with van der Waals surface area (Å²) >= 11 is 1.09. The Hall–Kier alpha value is -2.72. The summed E-state index contributed by atoms with van der Waals surface area (Å²) in [5.41, 5.74) is 0.931. The number of carbonyl (C=O) groups is 2. The first-order valence-corrected chi connectivity index (χ1v) is 10.6. The van der Waals surface area contributed by atoms with E-state index >= 15 is 0 Å². The number of hydrogen-bond donors (Lipinski definition) is 2. The number of alkyl halides is 3. The van der Waals surface area contributed by atoms with Gasteiger partial charge in [-0.05, 0) is 42.5 Å². The molecule has 2 N–H and O–H groups in total. The van der Waals surface area contributed by atoms with Crippen molar-refractivity contribution in [2.75, 3.05) is 41.8 Å². The summed E-state index contributed by atoms with van der Waals surface area (Å²) in [6.07, 6.45) is -4.58. The maximum absolute atomic E-state index is 12.9. The number of anilines is 3. The van der Waals surface area contributed by atoms with Crippen LogP contribution in [0.3, 0.4) is 0 Å². The Morgan fingerprint density at radius 1 is 1.16 bits per heavy atom. The topological polar surface area (TPSA) is 70.7 Å². The fraction of sp³-hybridized carbons (Fsp3) is 0.333. The third kappa shape index (κ3) is 5.13. The molecule has 6 nitrogen and oxygen atoms in total. The fourth-order valence-electron chi connectivity index (χ4n) is 3.42. The van der Waals surface area contributed by atoms with Crippen LogP contribution in [-0.4, -0.2) is 43.4 Å². The lowest BCUT2D eigenvalue weighted by Gasteiger charge is -2.29. The van der Waals surface area contributed by atoms with E-state index in [1.54, 1.807) is 12.1 Å². The van der Waals surface area contributed by atoms with Crippen molar-refractivity contribution in [3.63, 3.8) is 0 Å². The minimum Gasteiger partial charge on any atom is -0.378 e. The largest absolute Gasteiger partial charge is 0.416 e. The van der Waals surface area contributed by atoms with Crippen molar-refractivity contribution in [3.05, 3.63) is 48.0 Å². The van der Waals surface area contributed by atoms with Gasteiger partial charge in [0, 0.05) is 35.8 Å². The monoisotopic (exact) mass is 451 g/mol. The number of nitrogens with zero attached hydrogens (tertiary/aromatic N) is 1. The Labute approximate surface area is 181 Å². The van der Waals surface area contributed by atoms with E-state index in [1.165, 1.54) is 6.07 Å². The predicted octanol–water partition coefficient (Wildman–Crippen LogP) is 3.98. The van der Waals surface area contributed by atoms with Crippen molar-refractivity contribution in [1.29, 1.82) is 0 Å². The highest BCUT2D eigenvalue weighted by Crippen LogP contribution is 2.40. The van der Waals surface area contributed by atoms with Gasteiger partial charge in [-0.25, -0.2) is 0 Å². The highest BCUT2D eigenvalue weighted by molar-refractivity contribution is 8.01. The molecule has 164 valence electrons. The summed E-state index contributed by atoms with van der Waals surface area (Å²) < 4.78 is 43.9. The maximum Gasteiger partial charge on any atom is 0.416 e. The second-order valence-corrected chi connectivity index (χ2v) is 8.45. The van der Waals surface area contributed by atoms with Gasteiger partial charge in [-0.15, -0.1) is 11.8 Å². The summed E-state index contributed by atoms with van der Waals surface area (Å²) in [5, 5.41) is 4.52. The predicted molar refractivity (Wildman–Crippen MR) is 112 cm³/mol. The zero-order chi connectivity index (χ0) is 22.0. The Bertz CT molecular complexity index is 976. The van der Waals surface area contributed by atoms with Crippen LogP contribution < -0.4 is 15.5 Å². The second-order valence-electron chi connectivity index (χ2n) is 7.20. The summed E-state index contributed by atoms with van der Waals surface area (Å²) in [6.45, 7) is 2.98. The smallest absolute Gasteiger partial charge is 0.378 e. The summed E-state index contributed by atoms with van der Waals surface area (Å²) in [7, 11) is 0. The van der Waals surface area contributed by atoms with Crippen molar-refractivity contribution in [2.45, 2.75) is 22.7 Å². The van der Waals surface area contributed by atoms with E-state index in [4.69, 9.17) is 4.74 Å². The van der Waals surface area contributed by atoms with Gasteiger partial charge in [-0.2, -0.15) is 13.2 Å². The third-order valence-corrected chi connectivity index (χ3v) is 6.30. The first kappa shape index (κ1) is 21.5. The molecule has 2 aliphatic heterocycles. The minimum absolute atomic E-state index is 0.0951. The van der Waals surface area contributed by atoms with Crippen molar-refractivity contribution in [3.8, 4) is 0 Å². The number of morpholine rings is 1.